The van der Waals surface area contributed by atoms with Gasteiger partial charge in [-0.15, -0.1) is 10.2 Å². The van der Waals surface area contributed by atoms with Crippen LogP contribution in [0, 0.1) is 0 Å². The molecule has 156 valence electrons. The molecule has 1 N–H and O–H groups in total. The summed E-state index contributed by atoms with van der Waals surface area (Å²) in [5, 5.41) is 12.3. The minimum Gasteiger partial charge on any atom is -0.319 e. The number of aromatic nitrogens is 2. The molecular formula is C20H33N5OS2. The third-order valence-electron chi connectivity index (χ3n) is 6.31. The summed E-state index contributed by atoms with van der Waals surface area (Å²) in [6.07, 6.45) is 16.0. The number of amides is 2. The molecule has 2 aliphatic carbocycles. The SMILES string of the molecule is O=C(Nc1nnc(SN2CCCCC2)s1)N(C1CCCCC1)C1CCCCC1. The van der Waals surface area contributed by atoms with Crippen molar-refractivity contribution in [1.29, 1.82) is 0 Å². The van der Waals surface area contributed by atoms with Gasteiger partial charge in [0.1, 0.15) is 0 Å². The molecule has 6 nitrogen and oxygen atoms in total. The highest BCUT2D eigenvalue weighted by atomic mass is 32.2. The molecule has 8 heteroatoms. The summed E-state index contributed by atoms with van der Waals surface area (Å²) in [5.74, 6) is 0. The van der Waals surface area contributed by atoms with Gasteiger partial charge in [0.25, 0.3) is 0 Å². The van der Waals surface area contributed by atoms with Gasteiger partial charge in [-0.05, 0) is 50.5 Å². The summed E-state index contributed by atoms with van der Waals surface area (Å²) in [5.41, 5.74) is 0. The molecule has 1 aromatic heterocycles. The molecule has 0 aromatic carbocycles. The van der Waals surface area contributed by atoms with Gasteiger partial charge >= 0.3 is 6.03 Å². The summed E-state index contributed by atoms with van der Waals surface area (Å²) in [6.45, 7) is 2.23. The van der Waals surface area contributed by atoms with E-state index in [9.17, 15) is 4.79 Å². The first-order chi connectivity index (χ1) is 13.8. The largest absolute Gasteiger partial charge is 0.324 e. The van der Waals surface area contributed by atoms with Crippen molar-refractivity contribution in [3.8, 4) is 0 Å². The van der Waals surface area contributed by atoms with Crippen molar-refractivity contribution in [2.75, 3.05) is 18.4 Å². The number of rotatable bonds is 5. The van der Waals surface area contributed by atoms with Gasteiger partial charge in [0, 0.05) is 25.2 Å². The zero-order valence-corrected chi connectivity index (χ0v) is 18.4. The Bertz CT molecular complexity index is 604. The Morgan fingerprint density at radius 3 is 2.07 bits per heavy atom. The Balaban J connectivity index is 1.39. The third kappa shape index (κ3) is 5.39. The average Bonchev–Trinajstić information content (AvgIpc) is 3.17. The molecule has 0 spiro atoms. The first-order valence-corrected chi connectivity index (χ1v) is 12.7. The van der Waals surface area contributed by atoms with Crippen LogP contribution in [-0.4, -0.2) is 50.6 Å². The van der Waals surface area contributed by atoms with E-state index in [0.29, 0.717) is 17.2 Å². The summed E-state index contributed by atoms with van der Waals surface area (Å²) in [4.78, 5) is 15.4. The number of piperidine rings is 1. The van der Waals surface area contributed by atoms with E-state index in [1.807, 2.05) is 0 Å². The topological polar surface area (TPSA) is 61.4 Å². The van der Waals surface area contributed by atoms with Crippen molar-refractivity contribution >= 4 is 34.4 Å². The van der Waals surface area contributed by atoms with Crippen LogP contribution in [0.5, 0.6) is 0 Å². The highest BCUT2D eigenvalue weighted by Gasteiger charge is 2.33. The Morgan fingerprint density at radius 2 is 1.46 bits per heavy atom. The number of carbonyl (C=O) groups is 1. The number of nitrogens with zero attached hydrogens (tertiary/aromatic N) is 4. The number of nitrogens with one attached hydrogen (secondary N) is 1. The lowest BCUT2D eigenvalue weighted by Crippen LogP contribution is -2.50. The maximum Gasteiger partial charge on any atom is 0.324 e. The molecular weight excluding hydrogens is 390 g/mol. The van der Waals surface area contributed by atoms with Gasteiger partial charge in [-0.1, -0.05) is 56.3 Å². The van der Waals surface area contributed by atoms with E-state index in [-0.39, 0.29) is 6.03 Å². The lowest BCUT2D eigenvalue weighted by Gasteiger charge is -2.41. The van der Waals surface area contributed by atoms with Crippen molar-refractivity contribution in [3.05, 3.63) is 0 Å². The van der Waals surface area contributed by atoms with Crippen LogP contribution in [0.4, 0.5) is 9.93 Å². The lowest BCUT2D eigenvalue weighted by molar-refractivity contribution is 0.114. The fraction of sp³-hybridized carbons (Fsp3) is 0.850. The van der Waals surface area contributed by atoms with Crippen molar-refractivity contribution in [2.24, 2.45) is 0 Å². The maximum absolute atomic E-state index is 13.2. The van der Waals surface area contributed by atoms with Crippen LogP contribution in [-0.2, 0) is 0 Å². The van der Waals surface area contributed by atoms with Crippen LogP contribution in [0.3, 0.4) is 0 Å². The molecule has 1 saturated heterocycles. The summed E-state index contributed by atoms with van der Waals surface area (Å²) < 4.78 is 3.30. The second kappa shape index (κ2) is 10.3. The third-order valence-corrected chi connectivity index (χ3v) is 8.28. The summed E-state index contributed by atoms with van der Waals surface area (Å²) in [6, 6.07) is 0.836. The Kier molecular flexibility index (Phi) is 7.48. The quantitative estimate of drug-likeness (QED) is 0.498. The van der Waals surface area contributed by atoms with Crippen LogP contribution < -0.4 is 5.32 Å². The van der Waals surface area contributed by atoms with Crippen LogP contribution in [0.25, 0.3) is 0 Å². The highest BCUT2D eigenvalue weighted by Crippen LogP contribution is 2.33. The van der Waals surface area contributed by atoms with Crippen LogP contribution >= 0.6 is 23.3 Å². The molecule has 0 bridgehead atoms. The number of urea groups is 1. The monoisotopic (exact) mass is 423 g/mol. The van der Waals surface area contributed by atoms with Crippen LogP contribution in [0.2, 0.25) is 0 Å². The molecule has 3 aliphatic rings. The van der Waals surface area contributed by atoms with Crippen LogP contribution in [0.15, 0.2) is 4.34 Å². The second-order valence-electron chi connectivity index (χ2n) is 8.38. The van der Waals surface area contributed by atoms with E-state index >= 15 is 0 Å². The van der Waals surface area contributed by atoms with Gasteiger partial charge in [-0.2, -0.15) is 0 Å². The molecule has 2 amide bonds. The average molecular weight is 424 g/mol. The Morgan fingerprint density at radius 1 is 0.893 bits per heavy atom. The smallest absolute Gasteiger partial charge is 0.319 e. The predicted octanol–water partition coefficient (Wildman–Crippen LogP) is 5.53. The van der Waals surface area contributed by atoms with Crippen molar-refractivity contribution in [3.63, 3.8) is 0 Å². The molecule has 2 heterocycles. The minimum absolute atomic E-state index is 0.0458. The lowest BCUT2D eigenvalue weighted by atomic mass is 9.89. The van der Waals surface area contributed by atoms with E-state index in [2.05, 4.69) is 24.7 Å². The van der Waals surface area contributed by atoms with E-state index in [4.69, 9.17) is 0 Å². The van der Waals surface area contributed by atoms with E-state index in [0.717, 1.165) is 43.1 Å². The number of carbonyl (C=O) groups excluding carboxylic acids is 1. The van der Waals surface area contributed by atoms with Gasteiger partial charge in [-0.3, -0.25) is 5.32 Å². The standard InChI is InChI=1S/C20H33N5OS2/c26-19(21-18-22-23-20(27-18)28-24-14-8-3-9-15-24)25(16-10-4-1-5-11-16)17-12-6-2-7-13-17/h16-17H,1-15H2,(H,21,22,26). The Hall–Kier alpha value is -0.860. The van der Waals surface area contributed by atoms with Gasteiger partial charge in [-0.25, -0.2) is 9.10 Å². The van der Waals surface area contributed by atoms with Gasteiger partial charge in [0.15, 0.2) is 4.34 Å². The normalized spacial score (nSPS) is 22.9. The van der Waals surface area contributed by atoms with Crippen molar-refractivity contribution in [1.82, 2.24) is 19.4 Å². The van der Waals surface area contributed by atoms with Crippen LogP contribution in [0.1, 0.15) is 83.5 Å². The predicted molar refractivity (Wildman–Crippen MR) is 116 cm³/mol. The molecule has 2 saturated carbocycles. The zero-order valence-electron chi connectivity index (χ0n) is 16.8. The molecule has 1 aromatic rings. The highest BCUT2D eigenvalue weighted by molar-refractivity contribution is 7.98. The number of hydrogen-bond acceptors (Lipinski definition) is 6. The molecule has 28 heavy (non-hydrogen) atoms. The van der Waals surface area contributed by atoms with E-state index < -0.39 is 0 Å². The first-order valence-electron chi connectivity index (χ1n) is 11.2. The molecule has 1 aliphatic heterocycles. The fourth-order valence-corrected chi connectivity index (χ4v) is 6.78. The van der Waals surface area contributed by atoms with E-state index in [1.54, 1.807) is 11.9 Å². The maximum atomic E-state index is 13.2. The van der Waals surface area contributed by atoms with Gasteiger partial charge in [0.05, 0.1) is 0 Å². The van der Waals surface area contributed by atoms with Crippen molar-refractivity contribution in [2.45, 2.75) is 99.9 Å². The molecule has 3 fully saturated rings. The molecule has 0 unspecified atom stereocenters. The number of anilines is 1. The first kappa shape index (κ1) is 20.4. The van der Waals surface area contributed by atoms with Gasteiger partial charge in [0.2, 0.25) is 5.13 Å². The summed E-state index contributed by atoms with van der Waals surface area (Å²) in [7, 11) is 0. The Labute approximate surface area is 177 Å². The fourth-order valence-electron chi connectivity index (χ4n) is 4.87. The van der Waals surface area contributed by atoms with E-state index in [1.165, 1.54) is 69.1 Å². The molecule has 0 radical (unpaired) electrons. The molecule has 0 atom stereocenters. The minimum atomic E-state index is 0.0458. The van der Waals surface area contributed by atoms with Gasteiger partial charge < -0.3 is 4.90 Å². The van der Waals surface area contributed by atoms with Crippen molar-refractivity contribution < 1.29 is 4.79 Å². The second-order valence-corrected chi connectivity index (χ2v) is 10.7. The molecule has 4 rings (SSSR count). The zero-order chi connectivity index (χ0) is 19.2. The number of hydrogen-bond donors (Lipinski definition) is 1. The summed E-state index contributed by atoms with van der Waals surface area (Å²) >= 11 is 3.20.